The first-order valence-electron chi connectivity index (χ1n) is 6.79. The van der Waals surface area contributed by atoms with Crippen LogP contribution in [-0.4, -0.2) is 48.7 Å². The second kappa shape index (κ2) is 6.18. The standard InChI is InChI=1S/C13H21NO4/c1-2-17-13(16)7-6-12(15)14-8-9-18-11-5-3-4-10(11)14/h10-11H,2-9H2,1H3. The molecule has 18 heavy (non-hydrogen) atoms. The minimum absolute atomic E-state index is 0.0586. The third-order valence-electron chi connectivity index (χ3n) is 3.65. The highest BCUT2D eigenvalue weighted by atomic mass is 16.5. The zero-order valence-corrected chi connectivity index (χ0v) is 10.9. The van der Waals surface area contributed by atoms with Gasteiger partial charge in [-0.05, 0) is 26.2 Å². The lowest BCUT2D eigenvalue weighted by Crippen LogP contribution is -2.51. The van der Waals surface area contributed by atoms with Crippen molar-refractivity contribution in [2.24, 2.45) is 0 Å². The molecule has 1 saturated carbocycles. The Morgan fingerprint density at radius 2 is 2.17 bits per heavy atom. The van der Waals surface area contributed by atoms with E-state index in [1.807, 2.05) is 4.90 Å². The lowest BCUT2D eigenvalue weighted by atomic mass is 10.1. The summed E-state index contributed by atoms with van der Waals surface area (Å²) in [6.45, 7) is 3.41. The molecule has 102 valence electrons. The molecule has 0 radical (unpaired) electrons. The number of carbonyl (C=O) groups is 2. The quantitative estimate of drug-likeness (QED) is 0.706. The topological polar surface area (TPSA) is 55.8 Å². The predicted molar refractivity (Wildman–Crippen MR) is 65.0 cm³/mol. The first-order valence-corrected chi connectivity index (χ1v) is 6.79. The lowest BCUT2D eigenvalue weighted by Gasteiger charge is -2.37. The largest absolute Gasteiger partial charge is 0.466 e. The lowest BCUT2D eigenvalue weighted by molar-refractivity contribution is -0.149. The Hall–Kier alpha value is -1.10. The van der Waals surface area contributed by atoms with Crippen molar-refractivity contribution in [1.82, 2.24) is 4.90 Å². The molecule has 0 spiro atoms. The first-order chi connectivity index (χ1) is 8.72. The fraction of sp³-hybridized carbons (Fsp3) is 0.846. The van der Waals surface area contributed by atoms with E-state index in [-0.39, 0.29) is 36.9 Å². The zero-order chi connectivity index (χ0) is 13.0. The second-order valence-electron chi connectivity index (χ2n) is 4.80. The highest BCUT2D eigenvalue weighted by molar-refractivity contribution is 5.81. The molecule has 1 heterocycles. The maximum absolute atomic E-state index is 12.1. The number of morpholine rings is 1. The van der Waals surface area contributed by atoms with Gasteiger partial charge in [0.15, 0.2) is 0 Å². The van der Waals surface area contributed by atoms with E-state index in [1.54, 1.807) is 6.92 Å². The van der Waals surface area contributed by atoms with E-state index in [4.69, 9.17) is 9.47 Å². The molecule has 5 heteroatoms. The van der Waals surface area contributed by atoms with Gasteiger partial charge in [0.25, 0.3) is 0 Å². The highest BCUT2D eigenvalue weighted by Crippen LogP contribution is 2.30. The summed E-state index contributed by atoms with van der Waals surface area (Å²) in [7, 11) is 0. The van der Waals surface area contributed by atoms with Crippen molar-refractivity contribution in [3.05, 3.63) is 0 Å². The second-order valence-corrected chi connectivity index (χ2v) is 4.80. The van der Waals surface area contributed by atoms with Gasteiger partial charge in [0.2, 0.25) is 5.91 Å². The van der Waals surface area contributed by atoms with Crippen molar-refractivity contribution in [1.29, 1.82) is 0 Å². The minimum Gasteiger partial charge on any atom is -0.466 e. The maximum atomic E-state index is 12.1. The van der Waals surface area contributed by atoms with Crippen molar-refractivity contribution in [2.45, 2.75) is 51.2 Å². The van der Waals surface area contributed by atoms with Gasteiger partial charge in [-0.15, -0.1) is 0 Å². The smallest absolute Gasteiger partial charge is 0.306 e. The molecule has 2 atom stereocenters. The van der Waals surface area contributed by atoms with E-state index in [2.05, 4.69) is 0 Å². The molecule has 5 nitrogen and oxygen atoms in total. The van der Waals surface area contributed by atoms with Crippen LogP contribution in [0.3, 0.4) is 0 Å². The number of carbonyl (C=O) groups excluding carboxylic acids is 2. The molecular weight excluding hydrogens is 234 g/mol. The van der Waals surface area contributed by atoms with Crippen LogP contribution in [0.25, 0.3) is 0 Å². The van der Waals surface area contributed by atoms with Gasteiger partial charge in [0, 0.05) is 13.0 Å². The summed E-state index contributed by atoms with van der Waals surface area (Å²) in [4.78, 5) is 25.3. The van der Waals surface area contributed by atoms with Gasteiger partial charge in [0.05, 0.1) is 31.8 Å². The average molecular weight is 255 g/mol. The fourth-order valence-electron chi connectivity index (χ4n) is 2.82. The Bertz CT molecular complexity index is 318. The van der Waals surface area contributed by atoms with Crippen LogP contribution < -0.4 is 0 Å². The normalized spacial score (nSPS) is 26.8. The zero-order valence-electron chi connectivity index (χ0n) is 10.9. The molecule has 1 saturated heterocycles. The summed E-state index contributed by atoms with van der Waals surface area (Å²) in [5.41, 5.74) is 0. The third kappa shape index (κ3) is 3.02. The minimum atomic E-state index is -0.290. The molecule has 1 amide bonds. The number of amides is 1. The number of esters is 1. The molecule has 0 bridgehead atoms. The van der Waals surface area contributed by atoms with Crippen LogP contribution in [0.2, 0.25) is 0 Å². The summed E-state index contributed by atoms with van der Waals surface area (Å²) in [5.74, 6) is -0.231. The monoisotopic (exact) mass is 255 g/mol. The van der Waals surface area contributed by atoms with Gasteiger partial charge in [-0.3, -0.25) is 9.59 Å². The molecule has 2 unspecified atom stereocenters. The Morgan fingerprint density at radius 3 is 2.94 bits per heavy atom. The van der Waals surface area contributed by atoms with E-state index < -0.39 is 0 Å². The molecule has 2 rings (SSSR count). The van der Waals surface area contributed by atoms with E-state index in [9.17, 15) is 9.59 Å². The van der Waals surface area contributed by atoms with Gasteiger partial charge in [-0.1, -0.05) is 0 Å². The van der Waals surface area contributed by atoms with Crippen molar-refractivity contribution >= 4 is 11.9 Å². The Morgan fingerprint density at radius 1 is 1.33 bits per heavy atom. The summed E-state index contributed by atoms with van der Waals surface area (Å²) in [5, 5.41) is 0. The van der Waals surface area contributed by atoms with Crippen LogP contribution in [-0.2, 0) is 19.1 Å². The summed E-state index contributed by atoms with van der Waals surface area (Å²) >= 11 is 0. The average Bonchev–Trinajstić information content (AvgIpc) is 2.84. The number of ether oxygens (including phenoxy) is 2. The van der Waals surface area contributed by atoms with Gasteiger partial charge in [-0.2, -0.15) is 0 Å². The van der Waals surface area contributed by atoms with Crippen LogP contribution in [0, 0.1) is 0 Å². The van der Waals surface area contributed by atoms with Gasteiger partial charge in [-0.25, -0.2) is 0 Å². The van der Waals surface area contributed by atoms with Crippen molar-refractivity contribution < 1.29 is 19.1 Å². The number of nitrogens with zero attached hydrogens (tertiary/aromatic N) is 1. The van der Waals surface area contributed by atoms with Crippen molar-refractivity contribution in [3.8, 4) is 0 Å². The van der Waals surface area contributed by atoms with Gasteiger partial charge < -0.3 is 14.4 Å². The molecule has 0 N–H and O–H groups in total. The number of rotatable bonds is 4. The van der Waals surface area contributed by atoms with E-state index in [0.717, 1.165) is 19.3 Å². The molecular formula is C13H21NO4. The van der Waals surface area contributed by atoms with E-state index in [1.165, 1.54) is 0 Å². The summed E-state index contributed by atoms with van der Waals surface area (Å²) in [6, 6.07) is 0.230. The number of hydrogen-bond acceptors (Lipinski definition) is 4. The Balaban J connectivity index is 1.82. The molecule has 2 fully saturated rings. The van der Waals surface area contributed by atoms with Crippen molar-refractivity contribution in [3.63, 3.8) is 0 Å². The third-order valence-corrected chi connectivity index (χ3v) is 3.65. The molecule has 1 aliphatic carbocycles. The first kappa shape index (κ1) is 13.3. The van der Waals surface area contributed by atoms with Crippen LogP contribution in [0.15, 0.2) is 0 Å². The number of fused-ring (bicyclic) bond motifs is 1. The summed E-state index contributed by atoms with van der Waals surface area (Å²) < 4.78 is 10.5. The van der Waals surface area contributed by atoms with E-state index >= 15 is 0 Å². The predicted octanol–water partition coefficient (Wildman–Crippen LogP) is 1.11. The number of hydrogen-bond donors (Lipinski definition) is 0. The van der Waals surface area contributed by atoms with Crippen LogP contribution in [0.1, 0.15) is 39.0 Å². The van der Waals surface area contributed by atoms with E-state index in [0.29, 0.717) is 19.8 Å². The van der Waals surface area contributed by atoms with Crippen molar-refractivity contribution in [2.75, 3.05) is 19.8 Å². The highest BCUT2D eigenvalue weighted by Gasteiger charge is 2.38. The SMILES string of the molecule is CCOC(=O)CCC(=O)N1CCOC2CCCC21. The molecule has 1 aliphatic heterocycles. The van der Waals surface area contributed by atoms with Crippen LogP contribution in [0.4, 0.5) is 0 Å². The summed E-state index contributed by atoms with van der Waals surface area (Å²) in [6.07, 6.45) is 3.84. The van der Waals surface area contributed by atoms with Crippen LogP contribution in [0.5, 0.6) is 0 Å². The van der Waals surface area contributed by atoms with Gasteiger partial charge in [0.1, 0.15) is 0 Å². The van der Waals surface area contributed by atoms with Gasteiger partial charge >= 0.3 is 5.97 Å². The van der Waals surface area contributed by atoms with Crippen LogP contribution >= 0.6 is 0 Å². The fourth-order valence-corrected chi connectivity index (χ4v) is 2.82. The maximum Gasteiger partial charge on any atom is 0.306 e. The Kier molecular flexibility index (Phi) is 4.58. The molecule has 0 aromatic heterocycles. The molecule has 2 aliphatic rings. The Labute approximate surface area is 107 Å². The molecule has 0 aromatic rings. The molecule has 0 aromatic carbocycles.